The lowest BCUT2D eigenvalue weighted by molar-refractivity contribution is -0.147. The molecule has 1 rings (SSSR count). The van der Waals surface area contributed by atoms with Gasteiger partial charge in [-0.2, -0.15) is 13.2 Å². The predicted octanol–water partition coefficient (Wildman–Crippen LogP) is 3.31. The molecule has 0 spiro atoms. The minimum Gasteiger partial charge on any atom is -0.212 e. The Morgan fingerprint density at radius 2 is 1.75 bits per heavy atom. The zero-order chi connectivity index (χ0) is 12.4. The molecule has 2 atom stereocenters. The van der Waals surface area contributed by atoms with Crippen molar-refractivity contribution in [3.8, 4) is 0 Å². The van der Waals surface area contributed by atoms with Crippen LogP contribution >= 0.6 is 10.7 Å². The van der Waals surface area contributed by atoms with Gasteiger partial charge in [-0.1, -0.05) is 12.8 Å². The van der Waals surface area contributed by atoms with Crippen LogP contribution < -0.4 is 0 Å². The van der Waals surface area contributed by atoms with Crippen molar-refractivity contribution in [3.63, 3.8) is 0 Å². The minimum absolute atomic E-state index is 0.205. The van der Waals surface area contributed by atoms with Crippen LogP contribution in [0.25, 0.3) is 0 Å². The molecule has 0 radical (unpaired) electrons. The number of alkyl halides is 3. The van der Waals surface area contributed by atoms with Crippen molar-refractivity contribution in [1.82, 2.24) is 0 Å². The molecule has 1 aliphatic carbocycles. The second kappa shape index (κ2) is 5.12. The number of hydrogen-bond donors (Lipinski definition) is 0. The zero-order valence-electron chi connectivity index (χ0n) is 8.63. The summed E-state index contributed by atoms with van der Waals surface area (Å²) in [4.78, 5) is 0. The van der Waals surface area contributed by atoms with E-state index in [1.54, 1.807) is 0 Å². The van der Waals surface area contributed by atoms with Gasteiger partial charge < -0.3 is 0 Å². The van der Waals surface area contributed by atoms with Crippen LogP contribution in [0.2, 0.25) is 0 Å². The summed E-state index contributed by atoms with van der Waals surface area (Å²) in [6, 6.07) is 0. The fourth-order valence-corrected chi connectivity index (χ4v) is 3.75. The van der Waals surface area contributed by atoms with E-state index in [4.69, 9.17) is 10.7 Å². The van der Waals surface area contributed by atoms with E-state index in [1.807, 2.05) is 0 Å². The smallest absolute Gasteiger partial charge is 0.212 e. The molecule has 7 heteroatoms. The summed E-state index contributed by atoms with van der Waals surface area (Å²) in [7, 11) is 1.50. The van der Waals surface area contributed by atoms with Gasteiger partial charge in [-0.05, 0) is 24.7 Å². The quantitative estimate of drug-likeness (QED) is 0.742. The van der Waals surface area contributed by atoms with Crippen LogP contribution in [0, 0.1) is 11.8 Å². The van der Waals surface area contributed by atoms with Gasteiger partial charge in [0.25, 0.3) is 0 Å². The first-order chi connectivity index (χ1) is 7.16. The van der Waals surface area contributed by atoms with Crippen molar-refractivity contribution in [3.05, 3.63) is 0 Å². The Hall–Kier alpha value is 0.0300. The monoisotopic (exact) mass is 278 g/mol. The maximum Gasteiger partial charge on any atom is 0.389 e. The van der Waals surface area contributed by atoms with Crippen molar-refractivity contribution >= 4 is 19.7 Å². The van der Waals surface area contributed by atoms with Crippen molar-refractivity contribution < 1.29 is 21.6 Å². The van der Waals surface area contributed by atoms with Crippen molar-refractivity contribution in [2.75, 3.05) is 5.75 Å². The molecule has 0 saturated heterocycles. The zero-order valence-corrected chi connectivity index (χ0v) is 10.2. The Labute approximate surface area is 97.6 Å². The fourth-order valence-electron chi connectivity index (χ4n) is 2.35. The molecule has 0 heterocycles. The van der Waals surface area contributed by atoms with E-state index in [0.717, 1.165) is 0 Å². The number of halogens is 4. The highest BCUT2D eigenvalue weighted by Crippen LogP contribution is 2.37. The Balaban J connectivity index is 2.48. The molecule has 1 saturated carbocycles. The highest BCUT2D eigenvalue weighted by Gasteiger charge is 2.35. The Morgan fingerprint density at radius 1 is 1.19 bits per heavy atom. The average Bonchev–Trinajstić information content (AvgIpc) is 1.96. The topological polar surface area (TPSA) is 34.1 Å². The molecule has 2 unspecified atom stereocenters. The lowest BCUT2D eigenvalue weighted by Crippen LogP contribution is -2.24. The maximum atomic E-state index is 12.2. The Bertz CT molecular complexity index is 326. The predicted molar refractivity (Wildman–Crippen MR) is 55.8 cm³/mol. The van der Waals surface area contributed by atoms with Crippen LogP contribution in [0.5, 0.6) is 0 Å². The molecule has 1 fully saturated rings. The van der Waals surface area contributed by atoms with E-state index in [-0.39, 0.29) is 11.7 Å². The van der Waals surface area contributed by atoms with E-state index in [0.29, 0.717) is 25.7 Å². The van der Waals surface area contributed by atoms with Gasteiger partial charge in [-0.25, -0.2) is 8.42 Å². The summed E-state index contributed by atoms with van der Waals surface area (Å²) in [5.74, 6) is -0.871. The van der Waals surface area contributed by atoms with Crippen LogP contribution in [-0.2, 0) is 9.05 Å². The van der Waals surface area contributed by atoms with E-state index >= 15 is 0 Å². The van der Waals surface area contributed by atoms with Gasteiger partial charge in [0.05, 0.1) is 5.75 Å². The Morgan fingerprint density at radius 3 is 2.25 bits per heavy atom. The van der Waals surface area contributed by atoms with E-state index in [2.05, 4.69) is 0 Å². The summed E-state index contributed by atoms with van der Waals surface area (Å²) < 4.78 is 58.2. The fraction of sp³-hybridized carbons (Fsp3) is 1.00. The second-order valence-corrected chi connectivity index (χ2v) is 7.25. The molecule has 0 aliphatic heterocycles. The van der Waals surface area contributed by atoms with Crippen LogP contribution in [0.1, 0.15) is 32.1 Å². The van der Waals surface area contributed by atoms with Crippen molar-refractivity contribution in [2.45, 2.75) is 38.3 Å². The normalized spacial score (nSPS) is 28.0. The molecule has 0 amide bonds. The molecular formula is C9H14ClF3O2S. The van der Waals surface area contributed by atoms with Gasteiger partial charge in [0.1, 0.15) is 0 Å². The highest BCUT2D eigenvalue weighted by molar-refractivity contribution is 8.13. The molecule has 0 aromatic heterocycles. The summed E-state index contributed by atoms with van der Waals surface area (Å²) in [5, 5.41) is 0. The highest BCUT2D eigenvalue weighted by atomic mass is 35.7. The van der Waals surface area contributed by atoms with Crippen LogP contribution in [0.3, 0.4) is 0 Å². The molecule has 0 N–H and O–H groups in total. The summed E-state index contributed by atoms with van der Waals surface area (Å²) in [6.45, 7) is 0. The maximum absolute atomic E-state index is 12.2. The molecule has 16 heavy (non-hydrogen) atoms. The van der Waals surface area contributed by atoms with Crippen LogP contribution in [-0.4, -0.2) is 20.3 Å². The standard InChI is InChI=1S/C9H14ClF3O2S/c10-16(14,15)6-8-3-1-2-7(4-8)5-9(11,12)13/h7-8H,1-6H2. The van der Waals surface area contributed by atoms with Gasteiger partial charge >= 0.3 is 6.18 Å². The first-order valence-corrected chi connectivity index (χ1v) is 7.62. The van der Waals surface area contributed by atoms with E-state index < -0.39 is 27.6 Å². The molecule has 2 nitrogen and oxygen atoms in total. The summed E-state index contributed by atoms with van der Waals surface area (Å²) in [5.41, 5.74) is 0. The third-order valence-corrected chi connectivity index (χ3v) is 4.09. The molecule has 0 aromatic rings. The number of hydrogen-bond acceptors (Lipinski definition) is 2. The van der Waals surface area contributed by atoms with Gasteiger partial charge in [-0.3, -0.25) is 0 Å². The molecule has 1 aliphatic rings. The van der Waals surface area contributed by atoms with Gasteiger partial charge in [-0.15, -0.1) is 0 Å². The lowest BCUT2D eigenvalue weighted by Gasteiger charge is -2.28. The molecular weight excluding hydrogens is 265 g/mol. The van der Waals surface area contributed by atoms with Crippen molar-refractivity contribution in [1.29, 1.82) is 0 Å². The van der Waals surface area contributed by atoms with Gasteiger partial charge in [0.15, 0.2) is 0 Å². The largest absolute Gasteiger partial charge is 0.389 e. The van der Waals surface area contributed by atoms with Crippen molar-refractivity contribution in [2.24, 2.45) is 11.8 Å². The van der Waals surface area contributed by atoms with Gasteiger partial charge in [0, 0.05) is 17.1 Å². The first kappa shape index (κ1) is 14.1. The second-order valence-electron chi connectivity index (χ2n) is 4.42. The molecule has 96 valence electrons. The minimum atomic E-state index is -4.16. The average molecular weight is 279 g/mol. The summed E-state index contributed by atoms with van der Waals surface area (Å²) in [6.07, 6.45) is -2.83. The third kappa shape index (κ3) is 5.94. The SMILES string of the molecule is O=S(=O)(Cl)CC1CCCC(CC(F)(F)F)C1. The molecule has 0 bridgehead atoms. The third-order valence-electron chi connectivity index (χ3n) is 2.85. The van der Waals surface area contributed by atoms with Crippen LogP contribution in [0.4, 0.5) is 13.2 Å². The number of rotatable bonds is 3. The van der Waals surface area contributed by atoms with Crippen LogP contribution in [0.15, 0.2) is 0 Å². The lowest BCUT2D eigenvalue weighted by atomic mass is 9.80. The van der Waals surface area contributed by atoms with Gasteiger partial charge in [0.2, 0.25) is 9.05 Å². The Kier molecular flexibility index (Phi) is 4.51. The summed E-state index contributed by atoms with van der Waals surface area (Å²) >= 11 is 0. The van der Waals surface area contributed by atoms with E-state index in [9.17, 15) is 21.6 Å². The molecule has 0 aromatic carbocycles. The first-order valence-electron chi connectivity index (χ1n) is 5.15. The van der Waals surface area contributed by atoms with E-state index in [1.165, 1.54) is 0 Å².